The average Bonchev–Trinajstić information content (AvgIpc) is 2.99. The molecular weight excluding hydrogens is 354 g/mol. The van der Waals surface area contributed by atoms with Gasteiger partial charge in [-0.05, 0) is 48.9 Å². The summed E-state index contributed by atoms with van der Waals surface area (Å²) in [5.74, 6) is 0.700. The van der Waals surface area contributed by atoms with Gasteiger partial charge in [-0.1, -0.05) is 17.7 Å². The summed E-state index contributed by atoms with van der Waals surface area (Å²) in [5, 5.41) is 6.22. The summed E-state index contributed by atoms with van der Waals surface area (Å²) in [4.78, 5) is 26.2. The molecule has 1 atom stereocenters. The number of hydrogen-bond donors (Lipinski definition) is 2. The molecule has 1 saturated heterocycles. The Morgan fingerprint density at radius 3 is 2.65 bits per heavy atom. The van der Waals surface area contributed by atoms with E-state index in [0.717, 1.165) is 17.0 Å². The predicted molar refractivity (Wildman–Crippen MR) is 102 cm³/mol. The Hall–Kier alpha value is -2.73. The first kappa shape index (κ1) is 18.1. The molecule has 2 aromatic carbocycles. The van der Waals surface area contributed by atoms with E-state index >= 15 is 0 Å². The van der Waals surface area contributed by atoms with Crippen molar-refractivity contribution in [3.05, 3.63) is 53.1 Å². The molecule has 1 fully saturated rings. The average molecular weight is 374 g/mol. The Morgan fingerprint density at radius 1 is 1.23 bits per heavy atom. The van der Waals surface area contributed by atoms with E-state index in [1.807, 2.05) is 19.1 Å². The first-order valence-electron chi connectivity index (χ1n) is 8.25. The molecule has 1 heterocycles. The molecule has 26 heavy (non-hydrogen) atoms. The molecule has 0 spiro atoms. The van der Waals surface area contributed by atoms with Crippen LogP contribution in [0.3, 0.4) is 0 Å². The number of ether oxygens (including phenoxy) is 1. The van der Waals surface area contributed by atoms with Gasteiger partial charge in [-0.2, -0.15) is 0 Å². The Bertz CT molecular complexity index is 823. The van der Waals surface area contributed by atoms with Gasteiger partial charge in [-0.25, -0.2) is 4.79 Å². The molecular formula is C19H20ClN3O3. The number of hydrogen-bond acceptors (Lipinski definition) is 3. The van der Waals surface area contributed by atoms with E-state index in [0.29, 0.717) is 17.3 Å². The summed E-state index contributed by atoms with van der Waals surface area (Å²) in [6, 6.07) is 12.0. The molecule has 0 radical (unpaired) electrons. The predicted octanol–water partition coefficient (Wildman–Crippen LogP) is 3.58. The van der Waals surface area contributed by atoms with E-state index in [1.165, 1.54) is 0 Å². The lowest BCUT2D eigenvalue weighted by Gasteiger charge is -2.18. The van der Waals surface area contributed by atoms with Crippen molar-refractivity contribution in [2.45, 2.75) is 19.4 Å². The highest BCUT2D eigenvalue weighted by Gasteiger charge is 2.31. The first-order chi connectivity index (χ1) is 12.5. The maximum atomic E-state index is 12.3. The van der Waals surface area contributed by atoms with Crippen LogP contribution < -0.4 is 20.3 Å². The number of methoxy groups -OCH3 is 1. The fourth-order valence-corrected chi connectivity index (χ4v) is 3.08. The molecule has 0 aromatic heterocycles. The summed E-state index contributed by atoms with van der Waals surface area (Å²) < 4.78 is 5.13. The van der Waals surface area contributed by atoms with E-state index in [9.17, 15) is 9.59 Å². The molecule has 1 aliphatic heterocycles. The van der Waals surface area contributed by atoms with Crippen LogP contribution >= 0.6 is 11.6 Å². The minimum absolute atomic E-state index is 0.0283. The first-order valence-corrected chi connectivity index (χ1v) is 8.63. The molecule has 0 aliphatic carbocycles. The van der Waals surface area contributed by atoms with Gasteiger partial charge in [-0.15, -0.1) is 0 Å². The van der Waals surface area contributed by atoms with Crippen LogP contribution in [0, 0.1) is 6.92 Å². The third-order valence-electron chi connectivity index (χ3n) is 4.36. The number of carbonyl (C=O) groups excluding carboxylic acids is 2. The van der Waals surface area contributed by atoms with Crippen molar-refractivity contribution >= 4 is 34.9 Å². The lowest BCUT2D eigenvalue weighted by Crippen LogP contribution is -2.39. The van der Waals surface area contributed by atoms with Crippen LogP contribution in [-0.2, 0) is 4.79 Å². The van der Waals surface area contributed by atoms with Gasteiger partial charge in [0, 0.05) is 29.4 Å². The number of benzene rings is 2. The van der Waals surface area contributed by atoms with Gasteiger partial charge >= 0.3 is 6.03 Å². The summed E-state index contributed by atoms with van der Waals surface area (Å²) in [5.41, 5.74) is 2.23. The quantitative estimate of drug-likeness (QED) is 0.860. The van der Waals surface area contributed by atoms with Crippen LogP contribution in [0.2, 0.25) is 5.02 Å². The van der Waals surface area contributed by atoms with Crippen molar-refractivity contribution in [3.8, 4) is 5.75 Å². The standard InChI is InChI=1S/C19H20ClN3O3/c1-12-16(20)4-3-5-17(12)22-19(25)21-13-10-18(24)23(11-13)14-6-8-15(26-2)9-7-14/h3-9,13H,10-11H2,1-2H3,(H2,21,22,25)/t13-/m1/s1. The molecule has 3 rings (SSSR count). The van der Waals surface area contributed by atoms with Crippen LogP contribution in [0.1, 0.15) is 12.0 Å². The Morgan fingerprint density at radius 2 is 1.96 bits per heavy atom. The van der Waals surface area contributed by atoms with Crippen molar-refractivity contribution < 1.29 is 14.3 Å². The van der Waals surface area contributed by atoms with Crippen LogP contribution in [0.4, 0.5) is 16.2 Å². The largest absolute Gasteiger partial charge is 0.497 e. The third-order valence-corrected chi connectivity index (χ3v) is 4.77. The maximum Gasteiger partial charge on any atom is 0.319 e. The van der Waals surface area contributed by atoms with E-state index in [2.05, 4.69) is 10.6 Å². The van der Waals surface area contributed by atoms with Crippen LogP contribution in [0.5, 0.6) is 5.75 Å². The molecule has 2 aromatic rings. The lowest BCUT2D eigenvalue weighted by molar-refractivity contribution is -0.117. The SMILES string of the molecule is COc1ccc(N2C[C@H](NC(=O)Nc3cccc(Cl)c3C)CC2=O)cc1. The molecule has 3 amide bonds. The van der Waals surface area contributed by atoms with Gasteiger partial charge in [0.2, 0.25) is 5.91 Å². The molecule has 0 bridgehead atoms. The minimum atomic E-state index is -0.357. The van der Waals surface area contributed by atoms with Crippen molar-refractivity contribution in [2.75, 3.05) is 23.9 Å². The van der Waals surface area contributed by atoms with E-state index in [-0.39, 0.29) is 24.4 Å². The second-order valence-electron chi connectivity index (χ2n) is 6.11. The second-order valence-corrected chi connectivity index (χ2v) is 6.52. The Kier molecular flexibility index (Phi) is 5.32. The zero-order valence-electron chi connectivity index (χ0n) is 14.6. The zero-order chi connectivity index (χ0) is 18.7. The smallest absolute Gasteiger partial charge is 0.319 e. The molecule has 1 aliphatic rings. The normalized spacial score (nSPS) is 16.5. The lowest BCUT2D eigenvalue weighted by atomic mass is 10.2. The molecule has 0 saturated carbocycles. The number of anilines is 2. The highest BCUT2D eigenvalue weighted by Crippen LogP contribution is 2.25. The monoisotopic (exact) mass is 373 g/mol. The summed E-state index contributed by atoms with van der Waals surface area (Å²) in [7, 11) is 1.59. The van der Waals surface area contributed by atoms with Crippen molar-refractivity contribution in [2.24, 2.45) is 0 Å². The summed E-state index contributed by atoms with van der Waals surface area (Å²) in [6.07, 6.45) is 0.258. The number of urea groups is 1. The number of carbonyl (C=O) groups is 2. The van der Waals surface area contributed by atoms with Gasteiger partial charge in [0.1, 0.15) is 5.75 Å². The Labute approximate surface area is 157 Å². The van der Waals surface area contributed by atoms with Crippen molar-refractivity contribution in [1.29, 1.82) is 0 Å². The van der Waals surface area contributed by atoms with Crippen LogP contribution in [-0.4, -0.2) is 31.6 Å². The number of amides is 3. The highest BCUT2D eigenvalue weighted by molar-refractivity contribution is 6.31. The van der Waals surface area contributed by atoms with Crippen molar-refractivity contribution in [3.63, 3.8) is 0 Å². The van der Waals surface area contributed by atoms with E-state index in [1.54, 1.807) is 42.3 Å². The van der Waals surface area contributed by atoms with Gasteiger partial charge in [0.05, 0.1) is 13.2 Å². The number of nitrogens with zero attached hydrogens (tertiary/aromatic N) is 1. The number of nitrogens with one attached hydrogen (secondary N) is 2. The second kappa shape index (κ2) is 7.66. The molecule has 6 nitrogen and oxygen atoms in total. The van der Waals surface area contributed by atoms with Gasteiger partial charge < -0.3 is 20.3 Å². The molecule has 0 unspecified atom stereocenters. The fraction of sp³-hybridized carbons (Fsp3) is 0.263. The molecule has 7 heteroatoms. The van der Waals surface area contributed by atoms with E-state index in [4.69, 9.17) is 16.3 Å². The minimum Gasteiger partial charge on any atom is -0.497 e. The highest BCUT2D eigenvalue weighted by atomic mass is 35.5. The van der Waals surface area contributed by atoms with E-state index < -0.39 is 0 Å². The fourth-order valence-electron chi connectivity index (χ4n) is 2.90. The molecule has 2 N–H and O–H groups in total. The van der Waals surface area contributed by atoms with Crippen LogP contribution in [0.15, 0.2) is 42.5 Å². The van der Waals surface area contributed by atoms with Gasteiger partial charge in [0.15, 0.2) is 0 Å². The number of rotatable bonds is 4. The molecule has 136 valence electrons. The van der Waals surface area contributed by atoms with Crippen LogP contribution in [0.25, 0.3) is 0 Å². The van der Waals surface area contributed by atoms with Crippen molar-refractivity contribution in [1.82, 2.24) is 5.32 Å². The van der Waals surface area contributed by atoms with Gasteiger partial charge in [-0.3, -0.25) is 4.79 Å². The third kappa shape index (κ3) is 3.91. The summed E-state index contributed by atoms with van der Waals surface area (Å²) >= 11 is 6.06. The Balaban J connectivity index is 1.61. The topological polar surface area (TPSA) is 70.7 Å². The van der Waals surface area contributed by atoms with Gasteiger partial charge in [0.25, 0.3) is 0 Å². The number of halogens is 1. The maximum absolute atomic E-state index is 12.3. The summed E-state index contributed by atoms with van der Waals surface area (Å²) in [6.45, 7) is 2.26. The zero-order valence-corrected chi connectivity index (χ0v) is 15.3.